The third-order valence-electron chi connectivity index (χ3n) is 3.27. The molecule has 0 amide bonds. The second kappa shape index (κ2) is 5.49. The van der Waals surface area contributed by atoms with E-state index >= 15 is 0 Å². The van der Waals surface area contributed by atoms with E-state index in [1.165, 1.54) is 12.1 Å². The largest absolute Gasteiger partial charge is 0.309 e. The molecule has 0 aliphatic heterocycles. The van der Waals surface area contributed by atoms with Gasteiger partial charge in [-0.1, -0.05) is 24.3 Å². The zero-order valence-electron chi connectivity index (χ0n) is 11.3. The van der Waals surface area contributed by atoms with E-state index < -0.39 is 0 Å². The van der Waals surface area contributed by atoms with Crippen molar-refractivity contribution in [3.8, 4) is 0 Å². The summed E-state index contributed by atoms with van der Waals surface area (Å²) in [5.74, 6) is -0.496. The van der Waals surface area contributed by atoms with Gasteiger partial charge in [-0.2, -0.15) is 0 Å². The number of benzene rings is 2. The third-order valence-corrected chi connectivity index (χ3v) is 3.27. The Labute approximate surface area is 112 Å². The smallest absolute Gasteiger partial charge is 0.128 e. The van der Waals surface area contributed by atoms with Crippen LogP contribution in [0.15, 0.2) is 36.4 Å². The molecule has 100 valence electrons. The molecule has 2 aromatic rings. The lowest BCUT2D eigenvalue weighted by Crippen LogP contribution is -2.19. The second-order valence-corrected chi connectivity index (χ2v) is 4.76. The second-order valence-electron chi connectivity index (χ2n) is 4.76. The van der Waals surface area contributed by atoms with Crippen molar-refractivity contribution >= 4 is 0 Å². The van der Waals surface area contributed by atoms with Gasteiger partial charge in [-0.25, -0.2) is 8.78 Å². The number of halogens is 2. The highest BCUT2D eigenvalue weighted by molar-refractivity contribution is 5.36. The molecular weight excluding hydrogens is 244 g/mol. The summed E-state index contributed by atoms with van der Waals surface area (Å²) < 4.78 is 27.3. The van der Waals surface area contributed by atoms with E-state index in [2.05, 4.69) is 5.32 Å². The molecule has 0 aliphatic carbocycles. The van der Waals surface area contributed by atoms with Crippen LogP contribution in [0.2, 0.25) is 0 Å². The van der Waals surface area contributed by atoms with Gasteiger partial charge in [-0.05, 0) is 49.7 Å². The van der Waals surface area contributed by atoms with Gasteiger partial charge in [0.25, 0.3) is 0 Å². The van der Waals surface area contributed by atoms with Crippen molar-refractivity contribution in [1.82, 2.24) is 5.32 Å². The van der Waals surface area contributed by atoms with E-state index in [4.69, 9.17) is 0 Å². The SMILES string of the molecule is CNC(c1ccc(F)c(C)c1)c1ccc(C)cc1F. The lowest BCUT2D eigenvalue weighted by molar-refractivity contribution is 0.573. The first-order valence-corrected chi connectivity index (χ1v) is 6.22. The van der Waals surface area contributed by atoms with Crippen LogP contribution in [0.25, 0.3) is 0 Å². The molecule has 0 saturated heterocycles. The standard InChI is InChI=1S/C16H17F2N/c1-10-4-6-13(15(18)8-10)16(19-3)12-5-7-14(17)11(2)9-12/h4-9,16,19H,1-3H3. The van der Waals surface area contributed by atoms with E-state index in [0.29, 0.717) is 11.1 Å². The molecule has 2 rings (SSSR count). The van der Waals surface area contributed by atoms with Gasteiger partial charge in [0.2, 0.25) is 0 Å². The average molecular weight is 261 g/mol. The van der Waals surface area contributed by atoms with Crippen LogP contribution in [-0.2, 0) is 0 Å². The fraction of sp³-hybridized carbons (Fsp3) is 0.250. The summed E-state index contributed by atoms with van der Waals surface area (Å²) >= 11 is 0. The highest BCUT2D eigenvalue weighted by atomic mass is 19.1. The topological polar surface area (TPSA) is 12.0 Å². The Morgan fingerprint density at radius 2 is 1.68 bits per heavy atom. The van der Waals surface area contributed by atoms with Crippen LogP contribution in [0.3, 0.4) is 0 Å². The molecule has 0 bridgehead atoms. The first kappa shape index (κ1) is 13.7. The average Bonchev–Trinajstić information content (AvgIpc) is 2.37. The minimum absolute atomic E-state index is 0.247. The Morgan fingerprint density at radius 1 is 0.947 bits per heavy atom. The summed E-state index contributed by atoms with van der Waals surface area (Å²) in [5, 5.41) is 3.08. The minimum Gasteiger partial charge on any atom is -0.309 e. The Bertz CT molecular complexity index is 593. The van der Waals surface area contributed by atoms with Crippen molar-refractivity contribution in [1.29, 1.82) is 0 Å². The van der Waals surface area contributed by atoms with Gasteiger partial charge < -0.3 is 5.32 Å². The molecule has 0 radical (unpaired) electrons. The molecule has 3 heteroatoms. The Hall–Kier alpha value is -1.74. The molecule has 0 heterocycles. The molecule has 1 N–H and O–H groups in total. The summed E-state index contributed by atoms with van der Waals surface area (Å²) in [5.41, 5.74) is 2.86. The third kappa shape index (κ3) is 2.82. The molecule has 1 nitrogen and oxygen atoms in total. The fourth-order valence-electron chi connectivity index (χ4n) is 2.22. The normalized spacial score (nSPS) is 12.5. The van der Waals surface area contributed by atoms with Crippen LogP contribution in [0.5, 0.6) is 0 Å². The van der Waals surface area contributed by atoms with Gasteiger partial charge in [-0.15, -0.1) is 0 Å². The van der Waals surface area contributed by atoms with Gasteiger partial charge in [0, 0.05) is 5.56 Å². The number of hydrogen-bond acceptors (Lipinski definition) is 1. The highest BCUT2D eigenvalue weighted by Crippen LogP contribution is 2.26. The molecule has 1 unspecified atom stereocenters. The Kier molecular flexibility index (Phi) is 3.96. The fourth-order valence-corrected chi connectivity index (χ4v) is 2.22. The van der Waals surface area contributed by atoms with Crippen LogP contribution < -0.4 is 5.32 Å². The van der Waals surface area contributed by atoms with Crippen molar-refractivity contribution in [2.45, 2.75) is 19.9 Å². The number of aryl methyl sites for hydroxylation is 2. The van der Waals surface area contributed by atoms with Gasteiger partial charge in [0.1, 0.15) is 11.6 Å². The zero-order chi connectivity index (χ0) is 14.0. The molecular formula is C16H17F2N. The van der Waals surface area contributed by atoms with Crippen LogP contribution in [0, 0.1) is 25.5 Å². The van der Waals surface area contributed by atoms with Crippen molar-refractivity contribution in [3.05, 3.63) is 70.3 Å². The number of hydrogen-bond donors (Lipinski definition) is 1. The van der Waals surface area contributed by atoms with Gasteiger partial charge >= 0.3 is 0 Å². The van der Waals surface area contributed by atoms with E-state index in [1.807, 2.05) is 13.0 Å². The molecule has 2 aromatic carbocycles. The lowest BCUT2D eigenvalue weighted by Gasteiger charge is -2.19. The monoisotopic (exact) mass is 261 g/mol. The zero-order valence-corrected chi connectivity index (χ0v) is 11.3. The van der Waals surface area contributed by atoms with Crippen LogP contribution in [-0.4, -0.2) is 7.05 Å². The van der Waals surface area contributed by atoms with Gasteiger partial charge in [-0.3, -0.25) is 0 Å². The van der Waals surface area contributed by atoms with Gasteiger partial charge in [0.05, 0.1) is 6.04 Å². The summed E-state index contributed by atoms with van der Waals surface area (Å²) in [4.78, 5) is 0. The lowest BCUT2D eigenvalue weighted by atomic mass is 9.96. The van der Waals surface area contributed by atoms with Crippen molar-refractivity contribution in [2.75, 3.05) is 7.05 Å². The predicted octanol–water partition coefficient (Wildman–Crippen LogP) is 3.89. The summed E-state index contributed by atoms with van der Waals surface area (Å²) in [7, 11) is 1.77. The van der Waals surface area contributed by atoms with E-state index in [1.54, 1.807) is 32.2 Å². The highest BCUT2D eigenvalue weighted by Gasteiger charge is 2.16. The summed E-state index contributed by atoms with van der Waals surface area (Å²) in [6, 6.07) is 9.72. The molecule has 0 fully saturated rings. The van der Waals surface area contributed by atoms with Crippen molar-refractivity contribution in [2.24, 2.45) is 0 Å². The summed E-state index contributed by atoms with van der Waals surface area (Å²) in [6.45, 7) is 3.56. The quantitative estimate of drug-likeness (QED) is 0.883. The minimum atomic E-state index is -0.278. The number of nitrogens with one attached hydrogen (secondary N) is 1. The molecule has 0 aliphatic rings. The first-order chi connectivity index (χ1) is 9.02. The number of rotatable bonds is 3. The summed E-state index contributed by atoms with van der Waals surface area (Å²) in [6.07, 6.45) is 0. The molecule has 0 saturated carbocycles. The van der Waals surface area contributed by atoms with Crippen molar-refractivity contribution in [3.63, 3.8) is 0 Å². The van der Waals surface area contributed by atoms with E-state index in [0.717, 1.165) is 11.1 Å². The molecule has 1 atom stereocenters. The molecule has 0 spiro atoms. The van der Waals surface area contributed by atoms with Crippen LogP contribution in [0.4, 0.5) is 8.78 Å². The van der Waals surface area contributed by atoms with Crippen LogP contribution in [0.1, 0.15) is 28.3 Å². The molecule has 19 heavy (non-hydrogen) atoms. The maximum Gasteiger partial charge on any atom is 0.128 e. The van der Waals surface area contributed by atoms with E-state index in [-0.39, 0.29) is 17.7 Å². The first-order valence-electron chi connectivity index (χ1n) is 6.22. The predicted molar refractivity (Wildman–Crippen MR) is 73.2 cm³/mol. The maximum absolute atomic E-state index is 14.0. The van der Waals surface area contributed by atoms with E-state index in [9.17, 15) is 8.78 Å². The van der Waals surface area contributed by atoms with Gasteiger partial charge in [0.15, 0.2) is 0 Å². The Balaban J connectivity index is 2.46. The molecule has 0 aromatic heterocycles. The Morgan fingerprint density at radius 3 is 2.26 bits per heavy atom. The van der Waals surface area contributed by atoms with Crippen molar-refractivity contribution < 1.29 is 8.78 Å². The maximum atomic E-state index is 14.0. The van der Waals surface area contributed by atoms with Crippen LogP contribution >= 0.6 is 0 Å².